The van der Waals surface area contributed by atoms with Gasteiger partial charge in [-0.3, -0.25) is 0 Å². The molecule has 3 unspecified atom stereocenters. The van der Waals surface area contributed by atoms with Crippen LogP contribution in [0.5, 0.6) is 0 Å². The Labute approximate surface area is 249 Å². The van der Waals surface area contributed by atoms with Crippen molar-refractivity contribution in [3.05, 3.63) is 94.7 Å². The second-order valence-corrected chi connectivity index (χ2v) is 14.1. The fourth-order valence-electron chi connectivity index (χ4n) is 5.82. The van der Waals surface area contributed by atoms with E-state index >= 15 is 0 Å². The van der Waals surface area contributed by atoms with Crippen LogP contribution in [0.25, 0.3) is 0 Å². The Kier molecular flexibility index (Phi) is 15.1. The summed E-state index contributed by atoms with van der Waals surface area (Å²) in [6.07, 6.45) is 38.4. The Bertz CT molecular complexity index is 1010. The first-order valence-electron chi connectivity index (χ1n) is 16.4. The Hall–Kier alpha value is -2.08. The Balaban J connectivity index is 1.67. The van der Waals surface area contributed by atoms with Crippen LogP contribution in [0.1, 0.15) is 127 Å². The van der Waals surface area contributed by atoms with Gasteiger partial charge in [-0.25, -0.2) is 0 Å². The summed E-state index contributed by atoms with van der Waals surface area (Å²) in [6, 6.07) is 0. The molecule has 0 radical (unpaired) electrons. The first kappa shape index (κ1) is 34.1. The van der Waals surface area contributed by atoms with Gasteiger partial charge in [0.25, 0.3) is 0 Å². The van der Waals surface area contributed by atoms with Crippen molar-refractivity contribution >= 4 is 0 Å². The van der Waals surface area contributed by atoms with Crippen molar-refractivity contribution in [1.29, 1.82) is 0 Å². The van der Waals surface area contributed by atoms with Crippen LogP contribution in [0.2, 0.25) is 0 Å². The molecule has 0 N–H and O–H groups in total. The van der Waals surface area contributed by atoms with Crippen LogP contribution in [-0.4, -0.2) is 0 Å². The van der Waals surface area contributed by atoms with Gasteiger partial charge in [0.15, 0.2) is 0 Å². The number of allylic oxidation sites excluding steroid dienone is 16. The molecular weight excluding hydrogens is 480 g/mol. The maximum absolute atomic E-state index is 2.48. The first-order valence-corrected chi connectivity index (χ1v) is 16.4. The zero-order valence-corrected chi connectivity index (χ0v) is 27.7. The SMILES string of the molecule is CC1=C(/C=C/C(C)=C/C=C\C2CC2/C=C/C=C(C)/C=C/CC(C)CC/C=C(/C)CCCC(C)C)C(C)(C)CCC1. The third kappa shape index (κ3) is 14.0. The predicted molar refractivity (Wildman–Crippen MR) is 181 cm³/mol. The minimum Gasteiger partial charge on any atom is -0.0856 e. The van der Waals surface area contributed by atoms with E-state index in [1.807, 2.05) is 0 Å². The summed E-state index contributed by atoms with van der Waals surface area (Å²) in [4.78, 5) is 0. The molecule has 0 heterocycles. The molecule has 2 rings (SSSR count). The van der Waals surface area contributed by atoms with Gasteiger partial charge in [0.1, 0.15) is 0 Å². The Morgan fingerprint density at radius 1 is 0.925 bits per heavy atom. The van der Waals surface area contributed by atoms with Crippen LogP contribution < -0.4 is 0 Å². The standard InChI is InChI=1S/C40H62/c1-31(2)16-10-17-32(3)18-11-19-33(4)20-12-21-34(5)22-13-25-37-30-38(37)26-14-23-35(6)27-28-39-36(7)24-15-29-40(39,8)9/h12-14,18,21-23,25-28,31,33,37-38H,10-11,15-17,19-20,24,29-30H2,1-9H3/b21-12+,25-13+,26-14-,28-27+,32-18-,34-22+,35-23+. The molecule has 2 aliphatic carbocycles. The normalized spacial score (nSPS) is 23.6. The largest absolute Gasteiger partial charge is 0.0856 e. The van der Waals surface area contributed by atoms with Crippen molar-refractivity contribution in [2.24, 2.45) is 29.1 Å². The van der Waals surface area contributed by atoms with E-state index in [1.165, 1.54) is 75.4 Å². The highest BCUT2D eigenvalue weighted by molar-refractivity contribution is 5.36. The van der Waals surface area contributed by atoms with Gasteiger partial charge in [0, 0.05) is 0 Å². The molecule has 0 aromatic heterocycles. The second-order valence-electron chi connectivity index (χ2n) is 14.1. The highest BCUT2D eigenvalue weighted by Gasteiger charge is 2.31. The summed E-state index contributed by atoms with van der Waals surface area (Å²) in [5.74, 6) is 2.97. The first-order chi connectivity index (χ1) is 19.0. The van der Waals surface area contributed by atoms with Gasteiger partial charge in [-0.15, -0.1) is 0 Å². The summed E-state index contributed by atoms with van der Waals surface area (Å²) in [7, 11) is 0. The monoisotopic (exact) mass is 542 g/mol. The lowest BCUT2D eigenvalue weighted by molar-refractivity contribution is 0.377. The predicted octanol–water partition coefficient (Wildman–Crippen LogP) is 12.8. The lowest BCUT2D eigenvalue weighted by Crippen LogP contribution is -2.19. The third-order valence-corrected chi connectivity index (χ3v) is 8.81. The van der Waals surface area contributed by atoms with E-state index in [4.69, 9.17) is 0 Å². The lowest BCUT2D eigenvalue weighted by Gasteiger charge is -2.32. The van der Waals surface area contributed by atoms with Crippen molar-refractivity contribution in [3.8, 4) is 0 Å². The van der Waals surface area contributed by atoms with Crippen molar-refractivity contribution in [3.63, 3.8) is 0 Å². The zero-order valence-electron chi connectivity index (χ0n) is 27.7. The van der Waals surface area contributed by atoms with Crippen molar-refractivity contribution in [1.82, 2.24) is 0 Å². The fourth-order valence-corrected chi connectivity index (χ4v) is 5.82. The van der Waals surface area contributed by atoms with E-state index in [1.54, 1.807) is 16.7 Å². The van der Waals surface area contributed by atoms with Crippen LogP contribution in [0.4, 0.5) is 0 Å². The molecule has 40 heavy (non-hydrogen) atoms. The molecular formula is C40H62. The van der Waals surface area contributed by atoms with Crippen molar-refractivity contribution in [2.75, 3.05) is 0 Å². The van der Waals surface area contributed by atoms with Crippen LogP contribution in [0, 0.1) is 29.1 Å². The second kappa shape index (κ2) is 17.7. The molecule has 0 bridgehead atoms. The lowest BCUT2D eigenvalue weighted by atomic mass is 9.72. The van der Waals surface area contributed by atoms with Gasteiger partial charge in [0.05, 0.1) is 0 Å². The maximum atomic E-state index is 2.48. The molecule has 0 aliphatic heterocycles. The fraction of sp³-hybridized carbons (Fsp3) is 0.600. The van der Waals surface area contributed by atoms with Crippen molar-refractivity contribution < 1.29 is 0 Å². The molecule has 0 saturated heterocycles. The molecule has 0 amide bonds. The topological polar surface area (TPSA) is 0 Å². The molecule has 1 fully saturated rings. The van der Waals surface area contributed by atoms with Gasteiger partial charge in [0.2, 0.25) is 0 Å². The van der Waals surface area contributed by atoms with E-state index in [0.717, 1.165) is 11.8 Å². The number of hydrogen-bond acceptors (Lipinski definition) is 0. The minimum atomic E-state index is 0.312. The zero-order chi connectivity index (χ0) is 29.5. The minimum absolute atomic E-state index is 0.312. The van der Waals surface area contributed by atoms with Crippen LogP contribution >= 0.6 is 0 Å². The number of hydrogen-bond donors (Lipinski definition) is 0. The maximum Gasteiger partial charge on any atom is -0.0104 e. The number of rotatable bonds is 16. The van der Waals surface area contributed by atoms with Gasteiger partial charge >= 0.3 is 0 Å². The quantitative estimate of drug-likeness (QED) is 0.134. The molecule has 2 aliphatic rings. The van der Waals surface area contributed by atoms with E-state index < -0.39 is 0 Å². The molecule has 0 aromatic carbocycles. The van der Waals surface area contributed by atoms with Gasteiger partial charge < -0.3 is 0 Å². The van der Waals surface area contributed by atoms with Gasteiger partial charge in [-0.1, -0.05) is 130 Å². The molecule has 0 spiro atoms. The van der Waals surface area contributed by atoms with Crippen LogP contribution in [-0.2, 0) is 0 Å². The summed E-state index contributed by atoms with van der Waals surface area (Å²) in [6.45, 7) is 20.8. The molecule has 0 nitrogen and oxygen atoms in total. The Morgan fingerprint density at radius 2 is 1.57 bits per heavy atom. The average Bonchev–Trinajstić information content (AvgIpc) is 3.61. The average molecular weight is 543 g/mol. The van der Waals surface area contributed by atoms with Crippen LogP contribution in [0.3, 0.4) is 0 Å². The summed E-state index contributed by atoms with van der Waals surface area (Å²) in [5, 5.41) is 0. The summed E-state index contributed by atoms with van der Waals surface area (Å²) in [5.41, 5.74) is 7.67. The molecule has 222 valence electrons. The van der Waals surface area contributed by atoms with E-state index in [9.17, 15) is 0 Å². The summed E-state index contributed by atoms with van der Waals surface area (Å²) < 4.78 is 0. The molecule has 1 saturated carbocycles. The van der Waals surface area contributed by atoms with Gasteiger partial charge in [-0.05, 0) is 120 Å². The highest BCUT2D eigenvalue weighted by Crippen LogP contribution is 2.41. The van der Waals surface area contributed by atoms with Gasteiger partial charge in [-0.2, -0.15) is 0 Å². The Morgan fingerprint density at radius 3 is 2.20 bits per heavy atom. The van der Waals surface area contributed by atoms with E-state index in [-0.39, 0.29) is 0 Å². The van der Waals surface area contributed by atoms with E-state index in [0.29, 0.717) is 17.3 Å². The van der Waals surface area contributed by atoms with E-state index in [2.05, 4.69) is 129 Å². The van der Waals surface area contributed by atoms with Crippen molar-refractivity contribution in [2.45, 2.75) is 127 Å². The smallest absolute Gasteiger partial charge is 0.0104 e. The molecule has 0 heteroatoms. The molecule has 3 atom stereocenters. The van der Waals surface area contributed by atoms with Crippen LogP contribution in [0.15, 0.2) is 94.7 Å². The summed E-state index contributed by atoms with van der Waals surface area (Å²) >= 11 is 0. The third-order valence-electron chi connectivity index (χ3n) is 8.81. The highest BCUT2D eigenvalue weighted by atomic mass is 14.4. The molecule has 0 aromatic rings.